The second-order valence-electron chi connectivity index (χ2n) is 4.75. The summed E-state index contributed by atoms with van der Waals surface area (Å²) in [5, 5.41) is 12.4. The van der Waals surface area contributed by atoms with Gasteiger partial charge in [0, 0.05) is 44.0 Å². The number of aliphatic hydroxyl groups is 1. The molecule has 3 heterocycles. The molecule has 1 unspecified atom stereocenters. The van der Waals surface area contributed by atoms with Crippen molar-refractivity contribution in [2.24, 2.45) is 0 Å². The molecule has 0 saturated carbocycles. The Bertz CT molecular complexity index is 551. The molecule has 1 N–H and O–H groups in total. The Morgan fingerprint density at radius 2 is 1.80 bits per heavy atom. The average molecular weight is 291 g/mol. The lowest BCUT2D eigenvalue weighted by atomic mass is 10.3. The van der Waals surface area contributed by atoms with Crippen molar-refractivity contribution in [2.45, 2.75) is 13.0 Å². The minimum Gasteiger partial charge on any atom is -0.387 e. The summed E-state index contributed by atoms with van der Waals surface area (Å²) in [7, 11) is 0. The first-order chi connectivity index (χ1) is 9.74. The molecule has 106 valence electrons. The number of rotatable bonds is 3. The fraction of sp³-hybridized carbons (Fsp3) is 0.462. The van der Waals surface area contributed by atoms with Gasteiger partial charge in [0.1, 0.15) is 0 Å². The first kappa shape index (κ1) is 13.3. The van der Waals surface area contributed by atoms with Crippen molar-refractivity contribution in [3.63, 3.8) is 0 Å². The first-order valence-electron chi connectivity index (χ1n) is 6.64. The lowest BCUT2D eigenvalue weighted by molar-refractivity contribution is 0.195. The maximum atomic E-state index is 9.53. The number of aromatic nitrogens is 3. The van der Waals surface area contributed by atoms with Crippen LogP contribution in [0.4, 0.5) is 11.1 Å². The van der Waals surface area contributed by atoms with Gasteiger partial charge < -0.3 is 14.9 Å². The molecule has 0 amide bonds. The zero-order chi connectivity index (χ0) is 13.9. The molecule has 0 radical (unpaired) electrons. The Hall–Kier alpha value is -1.73. The average Bonchev–Trinajstić information content (AvgIpc) is 2.98. The van der Waals surface area contributed by atoms with Crippen molar-refractivity contribution in [1.29, 1.82) is 0 Å². The van der Waals surface area contributed by atoms with Crippen LogP contribution in [0.2, 0.25) is 0 Å². The molecular formula is C13H17N5OS. The van der Waals surface area contributed by atoms with E-state index in [1.165, 1.54) is 0 Å². The summed E-state index contributed by atoms with van der Waals surface area (Å²) in [5.74, 6) is 0.788. The largest absolute Gasteiger partial charge is 0.387 e. The highest BCUT2D eigenvalue weighted by molar-refractivity contribution is 7.13. The fourth-order valence-electron chi connectivity index (χ4n) is 2.17. The number of aliphatic hydroxyl groups excluding tert-OH is 1. The highest BCUT2D eigenvalue weighted by Crippen LogP contribution is 2.25. The van der Waals surface area contributed by atoms with Crippen LogP contribution in [0.15, 0.2) is 23.8 Å². The highest BCUT2D eigenvalue weighted by atomic mass is 32.1. The molecule has 7 heteroatoms. The number of hydrogen-bond donors (Lipinski definition) is 1. The second-order valence-corrected chi connectivity index (χ2v) is 5.59. The lowest BCUT2D eigenvalue weighted by Crippen LogP contribution is -2.47. The summed E-state index contributed by atoms with van der Waals surface area (Å²) >= 11 is 1.59. The van der Waals surface area contributed by atoms with Gasteiger partial charge in [-0.15, -0.1) is 11.3 Å². The monoisotopic (exact) mass is 291 g/mol. The smallest absolute Gasteiger partial charge is 0.225 e. The van der Waals surface area contributed by atoms with Crippen LogP contribution >= 0.6 is 11.3 Å². The van der Waals surface area contributed by atoms with Gasteiger partial charge >= 0.3 is 0 Å². The predicted molar refractivity (Wildman–Crippen MR) is 79.2 cm³/mol. The molecule has 0 spiro atoms. The van der Waals surface area contributed by atoms with Gasteiger partial charge in [0.05, 0.1) is 11.8 Å². The van der Waals surface area contributed by atoms with E-state index in [2.05, 4.69) is 24.8 Å². The standard InChI is InChI=1S/C13H17N5OS/c1-10(19)11-9-20-13(16-11)18-7-5-17(6-8-18)12-14-3-2-4-15-12/h2-4,9-10,19H,5-8H2,1H3. The van der Waals surface area contributed by atoms with Gasteiger partial charge in [-0.25, -0.2) is 15.0 Å². The van der Waals surface area contributed by atoms with E-state index in [4.69, 9.17) is 0 Å². The Morgan fingerprint density at radius 1 is 1.15 bits per heavy atom. The quantitative estimate of drug-likeness (QED) is 0.920. The molecule has 1 saturated heterocycles. The first-order valence-corrected chi connectivity index (χ1v) is 7.52. The topological polar surface area (TPSA) is 65.4 Å². The third kappa shape index (κ3) is 2.73. The third-order valence-electron chi connectivity index (χ3n) is 3.32. The third-order valence-corrected chi connectivity index (χ3v) is 4.24. The van der Waals surface area contributed by atoms with Gasteiger partial charge in [0.15, 0.2) is 5.13 Å². The number of piperazine rings is 1. The molecule has 1 aliphatic rings. The number of nitrogens with zero attached hydrogens (tertiary/aromatic N) is 5. The summed E-state index contributed by atoms with van der Waals surface area (Å²) < 4.78 is 0. The van der Waals surface area contributed by atoms with Crippen LogP contribution in [0, 0.1) is 0 Å². The minimum atomic E-state index is -0.501. The van der Waals surface area contributed by atoms with Gasteiger partial charge in [0.2, 0.25) is 5.95 Å². The van der Waals surface area contributed by atoms with Crippen molar-refractivity contribution in [2.75, 3.05) is 36.0 Å². The van der Waals surface area contributed by atoms with Crippen LogP contribution in [0.1, 0.15) is 18.7 Å². The van der Waals surface area contributed by atoms with Crippen LogP contribution in [0.3, 0.4) is 0 Å². The second kappa shape index (κ2) is 5.72. The van der Waals surface area contributed by atoms with Crippen LogP contribution in [0.5, 0.6) is 0 Å². The molecular weight excluding hydrogens is 274 g/mol. The van der Waals surface area contributed by atoms with E-state index in [0.717, 1.165) is 43.0 Å². The Morgan fingerprint density at radius 3 is 2.40 bits per heavy atom. The highest BCUT2D eigenvalue weighted by Gasteiger charge is 2.21. The van der Waals surface area contributed by atoms with Crippen molar-refractivity contribution < 1.29 is 5.11 Å². The molecule has 0 aliphatic carbocycles. The van der Waals surface area contributed by atoms with Gasteiger partial charge in [-0.1, -0.05) is 0 Å². The maximum absolute atomic E-state index is 9.53. The predicted octanol–water partition coefficient (Wildman–Crippen LogP) is 1.31. The zero-order valence-electron chi connectivity index (χ0n) is 11.3. The Labute approximate surface area is 121 Å². The molecule has 0 bridgehead atoms. The Balaban J connectivity index is 1.63. The summed E-state index contributed by atoms with van der Waals surface area (Å²) in [5.41, 5.74) is 0.749. The van der Waals surface area contributed by atoms with Crippen LogP contribution in [0.25, 0.3) is 0 Å². The van der Waals surface area contributed by atoms with Crippen LogP contribution in [-0.4, -0.2) is 46.2 Å². The number of thiazole rings is 1. The maximum Gasteiger partial charge on any atom is 0.225 e. The van der Waals surface area contributed by atoms with E-state index in [0.29, 0.717) is 0 Å². The normalized spacial score (nSPS) is 17.3. The van der Waals surface area contributed by atoms with Crippen molar-refractivity contribution in [3.8, 4) is 0 Å². The van der Waals surface area contributed by atoms with Crippen molar-refractivity contribution in [1.82, 2.24) is 15.0 Å². The van der Waals surface area contributed by atoms with E-state index in [1.807, 2.05) is 11.4 Å². The zero-order valence-corrected chi connectivity index (χ0v) is 12.1. The van der Waals surface area contributed by atoms with E-state index < -0.39 is 6.10 Å². The Kier molecular flexibility index (Phi) is 3.79. The molecule has 1 aliphatic heterocycles. The van der Waals surface area contributed by atoms with Gasteiger partial charge in [-0.2, -0.15) is 0 Å². The molecule has 6 nitrogen and oxygen atoms in total. The summed E-state index contributed by atoms with van der Waals surface area (Å²) in [6.07, 6.45) is 3.04. The SMILES string of the molecule is CC(O)c1csc(N2CCN(c3ncccn3)CC2)n1. The molecule has 1 atom stereocenters. The molecule has 2 aromatic rings. The number of anilines is 2. The van der Waals surface area contributed by atoms with Gasteiger partial charge in [-0.05, 0) is 13.0 Å². The molecule has 0 aromatic carbocycles. The van der Waals surface area contributed by atoms with Gasteiger partial charge in [0.25, 0.3) is 0 Å². The van der Waals surface area contributed by atoms with E-state index in [1.54, 1.807) is 30.7 Å². The molecule has 3 rings (SSSR count). The van der Waals surface area contributed by atoms with E-state index in [-0.39, 0.29) is 0 Å². The number of hydrogen-bond acceptors (Lipinski definition) is 7. The summed E-state index contributed by atoms with van der Waals surface area (Å²) in [4.78, 5) is 17.5. The van der Waals surface area contributed by atoms with E-state index >= 15 is 0 Å². The van der Waals surface area contributed by atoms with Crippen molar-refractivity contribution >= 4 is 22.4 Å². The molecule has 20 heavy (non-hydrogen) atoms. The molecule has 2 aromatic heterocycles. The van der Waals surface area contributed by atoms with Crippen LogP contribution in [-0.2, 0) is 0 Å². The summed E-state index contributed by atoms with van der Waals surface area (Å²) in [6, 6.07) is 1.83. The van der Waals surface area contributed by atoms with Crippen molar-refractivity contribution in [3.05, 3.63) is 29.5 Å². The van der Waals surface area contributed by atoms with E-state index in [9.17, 15) is 5.11 Å². The summed E-state index contributed by atoms with van der Waals surface area (Å²) in [6.45, 7) is 5.29. The lowest BCUT2D eigenvalue weighted by Gasteiger charge is -2.34. The molecule has 1 fully saturated rings. The van der Waals surface area contributed by atoms with Crippen LogP contribution < -0.4 is 9.80 Å². The van der Waals surface area contributed by atoms with Gasteiger partial charge in [-0.3, -0.25) is 0 Å². The minimum absolute atomic E-state index is 0.501. The fourth-order valence-corrected chi connectivity index (χ4v) is 3.13.